The van der Waals surface area contributed by atoms with Gasteiger partial charge < -0.3 is 10.2 Å². The summed E-state index contributed by atoms with van der Waals surface area (Å²) in [5.74, 6) is 5.56. The van der Waals surface area contributed by atoms with E-state index in [9.17, 15) is 0 Å². The fourth-order valence-corrected chi connectivity index (χ4v) is 0.580. The van der Waals surface area contributed by atoms with Crippen LogP contribution in [0.1, 0.15) is 0 Å². The lowest BCUT2D eigenvalue weighted by Gasteiger charge is -2.02. The summed E-state index contributed by atoms with van der Waals surface area (Å²) in [6.45, 7) is 0. The highest BCUT2D eigenvalue weighted by Gasteiger charge is 1.98. The SMILES string of the molecule is COc1ncncc1NN. The molecule has 0 unspecified atom stereocenters. The molecule has 10 heavy (non-hydrogen) atoms. The maximum atomic E-state index is 5.12. The van der Waals surface area contributed by atoms with E-state index in [1.807, 2.05) is 0 Å². The Hall–Kier alpha value is -1.36. The number of hydrogen-bond acceptors (Lipinski definition) is 5. The Balaban J connectivity index is 2.96. The third kappa shape index (κ3) is 1.14. The smallest absolute Gasteiger partial charge is 0.241 e. The van der Waals surface area contributed by atoms with Gasteiger partial charge in [0.1, 0.15) is 12.0 Å². The van der Waals surface area contributed by atoms with Crippen molar-refractivity contribution in [1.82, 2.24) is 9.97 Å². The normalized spacial score (nSPS) is 9.00. The lowest BCUT2D eigenvalue weighted by atomic mass is 10.5. The van der Waals surface area contributed by atoms with Crippen molar-refractivity contribution in [3.8, 4) is 5.88 Å². The molecular formula is C5H8N4O. The Kier molecular flexibility index (Phi) is 2.01. The average Bonchev–Trinajstić information content (AvgIpc) is 2.04. The predicted octanol–water partition coefficient (Wildman–Crippen LogP) is -0.229. The van der Waals surface area contributed by atoms with Crippen molar-refractivity contribution in [2.45, 2.75) is 0 Å². The van der Waals surface area contributed by atoms with Gasteiger partial charge in [0, 0.05) is 0 Å². The van der Waals surface area contributed by atoms with Gasteiger partial charge in [0.2, 0.25) is 5.88 Å². The number of nitrogens with one attached hydrogen (secondary N) is 1. The summed E-state index contributed by atoms with van der Waals surface area (Å²) in [6.07, 6.45) is 2.92. The van der Waals surface area contributed by atoms with Crippen molar-refractivity contribution in [3.63, 3.8) is 0 Å². The van der Waals surface area contributed by atoms with Crippen LogP contribution in [0.25, 0.3) is 0 Å². The van der Waals surface area contributed by atoms with Crippen molar-refractivity contribution < 1.29 is 4.74 Å². The number of rotatable bonds is 2. The summed E-state index contributed by atoms with van der Waals surface area (Å²) in [5, 5.41) is 0. The van der Waals surface area contributed by atoms with Gasteiger partial charge in [0.25, 0.3) is 0 Å². The van der Waals surface area contributed by atoms with E-state index in [1.54, 1.807) is 0 Å². The van der Waals surface area contributed by atoms with Gasteiger partial charge in [-0.2, -0.15) is 4.98 Å². The molecule has 0 aliphatic rings. The minimum Gasteiger partial charge on any atom is -0.479 e. The first kappa shape index (κ1) is 6.76. The number of methoxy groups -OCH3 is 1. The Morgan fingerprint density at radius 3 is 3.00 bits per heavy atom. The number of nitrogen functional groups attached to an aromatic ring is 1. The fourth-order valence-electron chi connectivity index (χ4n) is 0.580. The van der Waals surface area contributed by atoms with E-state index < -0.39 is 0 Å². The second kappa shape index (κ2) is 2.98. The van der Waals surface area contributed by atoms with Crippen LogP contribution >= 0.6 is 0 Å². The topological polar surface area (TPSA) is 73.1 Å². The molecule has 0 atom stereocenters. The number of nitrogens with two attached hydrogens (primary N) is 1. The number of hydrogen-bond donors (Lipinski definition) is 2. The zero-order valence-electron chi connectivity index (χ0n) is 5.53. The van der Waals surface area contributed by atoms with Gasteiger partial charge in [-0.15, -0.1) is 0 Å². The van der Waals surface area contributed by atoms with E-state index >= 15 is 0 Å². The summed E-state index contributed by atoms with van der Waals surface area (Å²) in [5.41, 5.74) is 2.97. The molecule has 0 radical (unpaired) electrons. The highest BCUT2D eigenvalue weighted by atomic mass is 16.5. The zero-order chi connectivity index (χ0) is 7.40. The number of anilines is 1. The van der Waals surface area contributed by atoms with E-state index in [-0.39, 0.29) is 0 Å². The Bertz CT molecular complexity index is 192. The minimum absolute atomic E-state index is 0.442. The molecule has 54 valence electrons. The van der Waals surface area contributed by atoms with Crippen molar-refractivity contribution in [1.29, 1.82) is 0 Å². The molecule has 1 aromatic heterocycles. The zero-order valence-corrected chi connectivity index (χ0v) is 5.53. The maximum Gasteiger partial charge on any atom is 0.241 e. The average molecular weight is 140 g/mol. The highest BCUT2D eigenvalue weighted by Crippen LogP contribution is 2.15. The molecule has 5 nitrogen and oxygen atoms in total. The Labute approximate surface area is 58.2 Å². The minimum atomic E-state index is 0.442. The van der Waals surface area contributed by atoms with Crippen molar-refractivity contribution >= 4 is 5.69 Å². The molecule has 1 aromatic rings. The first-order chi connectivity index (χ1) is 4.88. The molecular weight excluding hydrogens is 132 g/mol. The van der Waals surface area contributed by atoms with Crippen LogP contribution in [0.3, 0.4) is 0 Å². The van der Waals surface area contributed by atoms with Gasteiger partial charge in [0.05, 0.1) is 13.3 Å². The molecule has 0 amide bonds. The van der Waals surface area contributed by atoms with Crippen molar-refractivity contribution in [3.05, 3.63) is 12.5 Å². The molecule has 1 heterocycles. The van der Waals surface area contributed by atoms with Gasteiger partial charge in [-0.3, -0.25) is 5.84 Å². The van der Waals surface area contributed by atoms with Crippen LogP contribution in [-0.2, 0) is 0 Å². The highest BCUT2D eigenvalue weighted by molar-refractivity contribution is 5.48. The number of nitrogens with zero attached hydrogens (tertiary/aromatic N) is 2. The Morgan fingerprint density at radius 1 is 1.70 bits per heavy atom. The van der Waals surface area contributed by atoms with Gasteiger partial charge in [-0.05, 0) is 0 Å². The molecule has 0 bridgehead atoms. The largest absolute Gasteiger partial charge is 0.479 e. The van der Waals surface area contributed by atoms with Crippen LogP contribution in [0.2, 0.25) is 0 Å². The van der Waals surface area contributed by atoms with Crippen LogP contribution in [-0.4, -0.2) is 17.1 Å². The van der Waals surface area contributed by atoms with E-state index in [1.165, 1.54) is 19.6 Å². The van der Waals surface area contributed by atoms with E-state index in [4.69, 9.17) is 10.6 Å². The van der Waals surface area contributed by atoms with Crippen molar-refractivity contribution in [2.24, 2.45) is 5.84 Å². The van der Waals surface area contributed by atoms with Gasteiger partial charge in [0.15, 0.2) is 0 Å². The summed E-state index contributed by atoms with van der Waals surface area (Å²) < 4.78 is 4.84. The van der Waals surface area contributed by atoms with Gasteiger partial charge in [-0.1, -0.05) is 0 Å². The molecule has 3 N–H and O–H groups in total. The molecule has 0 aromatic carbocycles. The van der Waals surface area contributed by atoms with E-state index in [0.29, 0.717) is 11.6 Å². The quantitative estimate of drug-likeness (QED) is 0.438. The second-order valence-electron chi connectivity index (χ2n) is 1.59. The lowest BCUT2D eigenvalue weighted by Crippen LogP contribution is -2.09. The van der Waals surface area contributed by atoms with E-state index in [2.05, 4.69) is 15.4 Å². The van der Waals surface area contributed by atoms with Crippen LogP contribution in [0.5, 0.6) is 5.88 Å². The van der Waals surface area contributed by atoms with Gasteiger partial charge >= 0.3 is 0 Å². The number of aromatic nitrogens is 2. The van der Waals surface area contributed by atoms with Crippen LogP contribution in [0.15, 0.2) is 12.5 Å². The monoisotopic (exact) mass is 140 g/mol. The summed E-state index contributed by atoms with van der Waals surface area (Å²) in [4.78, 5) is 7.52. The van der Waals surface area contributed by atoms with Crippen LogP contribution in [0, 0.1) is 0 Å². The third-order valence-corrected chi connectivity index (χ3v) is 1.02. The summed E-state index contributed by atoms with van der Waals surface area (Å²) in [7, 11) is 1.52. The Morgan fingerprint density at radius 2 is 2.50 bits per heavy atom. The molecule has 0 fully saturated rings. The molecule has 0 spiro atoms. The molecule has 0 aliphatic carbocycles. The van der Waals surface area contributed by atoms with Crippen LogP contribution < -0.4 is 16.0 Å². The standard InChI is InChI=1S/C5H8N4O/c1-10-5-4(9-6)2-7-3-8-5/h2-3,9H,6H2,1H3. The second-order valence-corrected chi connectivity index (χ2v) is 1.59. The van der Waals surface area contributed by atoms with Gasteiger partial charge in [-0.25, -0.2) is 4.98 Å². The number of ether oxygens (including phenoxy) is 1. The predicted molar refractivity (Wildman–Crippen MR) is 36.4 cm³/mol. The lowest BCUT2D eigenvalue weighted by molar-refractivity contribution is 0.398. The maximum absolute atomic E-state index is 5.12. The molecule has 1 rings (SSSR count). The first-order valence-corrected chi connectivity index (χ1v) is 2.69. The summed E-state index contributed by atoms with van der Waals surface area (Å²) in [6, 6.07) is 0. The molecule has 5 heteroatoms. The van der Waals surface area contributed by atoms with Crippen LogP contribution in [0.4, 0.5) is 5.69 Å². The van der Waals surface area contributed by atoms with E-state index in [0.717, 1.165) is 0 Å². The number of hydrazine groups is 1. The summed E-state index contributed by atoms with van der Waals surface area (Å²) >= 11 is 0. The molecule has 0 saturated carbocycles. The van der Waals surface area contributed by atoms with Crippen molar-refractivity contribution in [2.75, 3.05) is 12.5 Å². The third-order valence-electron chi connectivity index (χ3n) is 1.02. The molecule has 0 saturated heterocycles. The first-order valence-electron chi connectivity index (χ1n) is 2.69. The molecule has 0 aliphatic heterocycles. The fraction of sp³-hybridized carbons (Fsp3) is 0.200.